The molecule has 1 N–H and O–H groups in total. The number of urea groups is 1. The van der Waals surface area contributed by atoms with Gasteiger partial charge in [0.25, 0.3) is 5.22 Å². The fourth-order valence-corrected chi connectivity index (χ4v) is 2.91. The van der Waals surface area contributed by atoms with E-state index in [4.69, 9.17) is 8.94 Å². The molecule has 12 heteroatoms. The van der Waals surface area contributed by atoms with E-state index in [1.54, 1.807) is 19.9 Å². The first-order chi connectivity index (χ1) is 12.8. The number of aliphatic imine (C=N–C) groups is 1. The summed E-state index contributed by atoms with van der Waals surface area (Å²) in [6.07, 6.45) is 0.129. The molecule has 0 saturated heterocycles. The van der Waals surface area contributed by atoms with Gasteiger partial charge in [-0.05, 0) is 13.8 Å². The summed E-state index contributed by atoms with van der Waals surface area (Å²) in [6.45, 7) is 3.32. The molecule has 142 valence electrons. The zero-order valence-corrected chi connectivity index (χ0v) is 15.6. The summed E-state index contributed by atoms with van der Waals surface area (Å²) in [4.78, 5) is 40.4. The molecule has 3 heterocycles. The predicted molar refractivity (Wildman–Crippen MR) is 93.4 cm³/mol. The van der Waals surface area contributed by atoms with Gasteiger partial charge in [-0.2, -0.15) is 0 Å². The maximum atomic E-state index is 12.2. The highest BCUT2D eigenvalue weighted by atomic mass is 32.2. The minimum Gasteiger partial charge on any atom is -0.416 e. The molecular formula is C15H16N6O5S. The molecule has 2 aromatic rings. The number of carbonyl (C=O) groups is 3. The van der Waals surface area contributed by atoms with E-state index >= 15 is 0 Å². The van der Waals surface area contributed by atoms with Crippen molar-refractivity contribution >= 4 is 41.1 Å². The van der Waals surface area contributed by atoms with Gasteiger partial charge in [0.05, 0.1) is 11.7 Å². The van der Waals surface area contributed by atoms with E-state index in [9.17, 15) is 14.4 Å². The maximum Gasteiger partial charge on any atom is 0.349 e. The predicted octanol–water partition coefficient (Wildman–Crippen LogP) is 1.31. The second kappa shape index (κ2) is 7.70. The van der Waals surface area contributed by atoms with Crippen molar-refractivity contribution in [2.45, 2.75) is 25.5 Å². The molecule has 27 heavy (non-hydrogen) atoms. The fraction of sp³-hybridized carbons (Fsp3) is 0.400. The molecule has 1 unspecified atom stereocenters. The van der Waals surface area contributed by atoms with Gasteiger partial charge in [0.2, 0.25) is 17.7 Å². The number of amides is 4. The first-order valence-electron chi connectivity index (χ1n) is 7.88. The van der Waals surface area contributed by atoms with Crippen LogP contribution < -0.4 is 5.32 Å². The maximum absolute atomic E-state index is 12.2. The Labute approximate surface area is 157 Å². The smallest absolute Gasteiger partial charge is 0.349 e. The lowest BCUT2D eigenvalue weighted by Gasteiger charge is -2.24. The highest BCUT2D eigenvalue weighted by Gasteiger charge is 2.34. The van der Waals surface area contributed by atoms with Crippen molar-refractivity contribution in [1.29, 1.82) is 0 Å². The molecule has 0 aliphatic carbocycles. The molecule has 1 atom stereocenters. The summed E-state index contributed by atoms with van der Waals surface area (Å²) in [7, 11) is 1.37. The van der Waals surface area contributed by atoms with Crippen LogP contribution in [0.3, 0.4) is 0 Å². The van der Waals surface area contributed by atoms with Crippen molar-refractivity contribution in [1.82, 2.24) is 20.3 Å². The van der Waals surface area contributed by atoms with Gasteiger partial charge in [-0.1, -0.05) is 16.9 Å². The Hall–Kier alpha value is -3.02. The second-order valence-corrected chi connectivity index (χ2v) is 6.74. The summed E-state index contributed by atoms with van der Waals surface area (Å²) in [5, 5.41) is 14.2. The van der Waals surface area contributed by atoms with Gasteiger partial charge in [-0.3, -0.25) is 14.5 Å². The van der Waals surface area contributed by atoms with Crippen LogP contribution in [0.1, 0.15) is 18.6 Å². The summed E-state index contributed by atoms with van der Waals surface area (Å²) in [5.74, 6) is -0.143. The Morgan fingerprint density at radius 3 is 2.81 bits per heavy atom. The minimum atomic E-state index is -0.635. The molecule has 1 aliphatic heterocycles. The van der Waals surface area contributed by atoms with Crippen molar-refractivity contribution in [2.24, 2.45) is 10.9 Å². The SMILES string of the molecule is CC1=NC(=O)N(C)C(=O)C1Cc1nnc(SCC(=O)Nc2cc(C)on2)o1. The number of hydrogen-bond acceptors (Lipinski definition) is 9. The normalized spacial score (nSPS) is 17.2. The van der Waals surface area contributed by atoms with Crippen LogP contribution in [0.15, 0.2) is 25.2 Å². The van der Waals surface area contributed by atoms with Crippen LogP contribution in [0.25, 0.3) is 0 Å². The third kappa shape index (κ3) is 4.39. The summed E-state index contributed by atoms with van der Waals surface area (Å²) in [5.41, 5.74) is 0.401. The van der Waals surface area contributed by atoms with Crippen LogP contribution in [0.4, 0.5) is 10.6 Å². The molecule has 0 fully saturated rings. The lowest BCUT2D eigenvalue weighted by Crippen LogP contribution is -2.44. The monoisotopic (exact) mass is 392 g/mol. The van der Waals surface area contributed by atoms with Crippen molar-refractivity contribution in [3.8, 4) is 0 Å². The Balaban J connectivity index is 1.55. The van der Waals surface area contributed by atoms with E-state index in [0.29, 0.717) is 17.3 Å². The second-order valence-electron chi connectivity index (χ2n) is 5.81. The van der Waals surface area contributed by atoms with E-state index in [-0.39, 0.29) is 35.1 Å². The summed E-state index contributed by atoms with van der Waals surface area (Å²) >= 11 is 1.05. The van der Waals surface area contributed by atoms with Crippen molar-refractivity contribution in [3.05, 3.63) is 17.7 Å². The van der Waals surface area contributed by atoms with Crippen molar-refractivity contribution < 1.29 is 23.3 Å². The number of nitrogens with zero attached hydrogens (tertiary/aromatic N) is 5. The zero-order chi connectivity index (χ0) is 19.6. The highest BCUT2D eigenvalue weighted by molar-refractivity contribution is 7.99. The van der Waals surface area contributed by atoms with Gasteiger partial charge in [-0.15, -0.1) is 10.2 Å². The topological polar surface area (TPSA) is 144 Å². The lowest BCUT2D eigenvalue weighted by molar-refractivity contribution is -0.129. The third-order valence-corrected chi connectivity index (χ3v) is 4.56. The Bertz CT molecular complexity index is 919. The van der Waals surface area contributed by atoms with E-state index in [1.807, 2.05) is 0 Å². The average Bonchev–Trinajstić information content (AvgIpc) is 3.24. The number of nitrogens with one attached hydrogen (secondary N) is 1. The Morgan fingerprint density at radius 2 is 2.11 bits per heavy atom. The summed E-state index contributed by atoms with van der Waals surface area (Å²) in [6, 6.07) is 1.00. The largest absolute Gasteiger partial charge is 0.416 e. The number of aryl methyl sites for hydroxylation is 1. The first kappa shape index (κ1) is 18.8. The van der Waals surface area contributed by atoms with E-state index in [1.165, 1.54) is 7.05 Å². The Morgan fingerprint density at radius 1 is 1.33 bits per heavy atom. The van der Waals surface area contributed by atoms with Gasteiger partial charge in [0.1, 0.15) is 5.76 Å². The lowest BCUT2D eigenvalue weighted by atomic mass is 9.97. The molecule has 0 spiro atoms. The van der Waals surface area contributed by atoms with Crippen LogP contribution in [0.2, 0.25) is 0 Å². The molecular weight excluding hydrogens is 376 g/mol. The van der Waals surface area contributed by atoms with Crippen LogP contribution in [0, 0.1) is 12.8 Å². The molecule has 3 rings (SSSR count). The number of aromatic nitrogens is 3. The minimum absolute atomic E-state index is 0.0353. The van der Waals surface area contributed by atoms with Crippen LogP contribution in [-0.2, 0) is 16.0 Å². The van der Waals surface area contributed by atoms with Gasteiger partial charge in [0.15, 0.2) is 5.82 Å². The molecule has 1 aliphatic rings. The molecule has 11 nitrogen and oxygen atoms in total. The van der Waals surface area contributed by atoms with Crippen LogP contribution >= 0.6 is 11.8 Å². The van der Waals surface area contributed by atoms with E-state index < -0.39 is 11.9 Å². The fourth-order valence-electron chi connectivity index (χ4n) is 2.33. The molecule has 0 aromatic carbocycles. The molecule has 4 amide bonds. The van der Waals surface area contributed by atoms with Gasteiger partial charge in [-0.25, -0.2) is 9.79 Å². The number of carbonyl (C=O) groups excluding carboxylic acids is 3. The molecule has 0 radical (unpaired) electrons. The molecule has 2 aromatic heterocycles. The standard InChI is InChI=1S/C15H16N6O5S/c1-7-4-10(20-26-7)17-11(22)6-27-15-19-18-12(25-15)5-9-8(2)16-14(24)21(3)13(9)23/h4,9H,5-6H2,1-3H3,(H,17,20,22). The van der Waals surface area contributed by atoms with Gasteiger partial charge in [0, 0.05) is 25.2 Å². The Kier molecular flexibility index (Phi) is 5.35. The average molecular weight is 392 g/mol. The zero-order valence-electron chi connectivity index (χ0n) is 14.8. The third-order valence-electron chi connectivity index (χ3n) is 3.74. The number of hydrogen-bond donors (Lipinski definition) is 1. The van der Waals surface area contributed by atoms with Crippen molar-refractivity contribution in [3.63, 3.8) is 0 Å². The highest BCUT2D eigenvalue weighted by Crippen LogP contribution is 2.21. The number of rotatable bonds is 6. The number of imide groups is 1. The quantitative estimate of drug-likeness (QED) is 0.719. The summed E-state index contributed by atoms with van der Waals surface area (Å²) < 4.78 is 10.3. The van der Waals surface area contributed by atoms with Crippen LogP contribution in [-0.4, -0.2) is 56.6 Å². The van der Waals surface area contributed by atoms with Crippen LogP contribution in [0.5, 0.6) is 0 Å². The van der Waals surface area contributed by atoms with Crippen molar-refractivity contribution in [2.75, 3.05) is 18.1 Å². The molecule has 0 bridgehead atoms. The molecule has 0 saturated carbocycles. The van der Waals surface area contributed by atoms with Gasteiger partial charge >= 0.3 is 6.03 Å². The number of anilines is 1. The van der Waals surface area contributed by atoms with E-state index in [2.05, 4.69) is 25.7 Å². The van der Waals surface area contributed by atoms with Gasteiger partial charge < -0.3 is 14.3 Å². The first-order valence-corrected chi connectivity index (χ1v) is 8.87. The van der Waals surface area contributed by atoms with E-state index in [0.717, 1.165) is 16.7 Å². The number of thioether (sulfide) groups is 1.